The van der Waals surface area contributed by atoms with Crippen LogP contribution in [0.2, 0.25) is 0 Å². The number of benzene rings is 2. The van der Waals surface area contributed by atoms with Crippen molar-refractivity contribution in [2.75, 3.05) is 0 Å². The van der Waals surface area contributed by atoms with Gasteiger partial charge in [0.25, 0.3) is 0 Å². The Morgan fingerprint density at radius 3 is 2.67 bits per heavy atom. The molecular formula is C18H15NO2. The van der Waals surface area contributed by atoms with Crippen LogP contribution in [0.25, 0.3) is 10.9 Å². The third-order valence-electron chi connectivity index (χ3n) is 3.80. The molecule has 3 heteroatoms. The van der Waals surface area contributed by atoms with Crippen molar-refractivity contribution in [1.29, 1.82) is 0 Å². The Labute approximate surface area is 122 Å². The van der Waals surface area contributed by atoms with E-state index >= 15 is 0 Å². The fourth-order valence-electron chi connectivity index (χ4n) is 2.62. The molecular weight excluding hydrogens is 262 g/mol. The lowest BCUT2D eigenvalue weighted by molar-refractivity contribution is 0.0696. The van der Waals surface area contributed by atoms with E-state index in [-0.39, 0.29) is 0 Å². The zero-order chi connectivity index (χ0) is 14.8. The van der Waals surface area contributed by atoms with Gasteiger partial charge in [0.05, 0.1) is 11.1 Å². The fourth-order valence-corrected chi connectivity index (χ4v) is 2.62. The summed E-state index contributed by atoms with van der Waals surface area (Å²) in [6.07, 6.45) is 2.50. The van der Waals surface area contributed by atoms with Crippen molar-refractivity contribution >= 4 is 16.9 Å². The number of nitrogens with zero attached hydrogens (tertiary/aromatic N) is 1. The fraction of sp³-hybridized carbons (Fsp3) is 0.111. The SMILES string of the molecule is Cc1c(Cc2ccnc3ccccc23)cccc1C(=O)O. The summed E-state index contributed by atoms with van der Waals surface area (Å²) in [5.74, 6) is -0.881. The van der Waals surface area contributed by atoms with E-state index in [2.05, 4.69) is 4.98 Å². The predicted octanol–water partition coefficient (Wildman–Crippen LogP) is 3.83. The van der Waals surface area contributed by atoms with Gasteiger partial charge in [-0.2, -0.15) is 0 Å². The third kappa shape index (κ3) is 2.50. The van der Waals surface area contributed by atoms with Gasteiger partial charge in [-0.15, -0.1) is 0 Å². The molecule has 0 radical (unpaired) electrons. The molecule has 3 rings (SSSR count). The standard InChI is InChI=1S/C18H15NO2/c1-12-13(5-4-7-15(12)18(20)21)11-14-9-10-19-17-8-3-2-6-16(14)17/h2-10H,11H2,1H3,(H,20,21). The van der Waals surface area contributed by atoms with E-state index in [1.807, 2.05) is 43.3 Å². The maximum atomic E-state index is 11.2. The van der Waals surface area contributed by atoms with Crippen molar-refractivity contribution in [3.05, 3.63) is 77.0 Å². The summed E-state index contributed by atoms with van der Waals surface area (Å²) in [5, 5.41) is 10.3. The van der Waals surface area contributed by atoms with Gasteiger partial charge in [0.15, 0.2) is 0 Å². The molecule has 0 saturated carbocycles. The zero-order valence-corrected chi connectivity index (χ0v) is 11.7. The summed E-state index contributed by atoms with van der Waals surface area (Å²) >= 11 is 0. The van der Waals surface area contributed by atoms with Crippen molar-refractivity contribution in [2.45, 2.75) is 13.3 Å². The molecule has 0 aliphatic rings. The maximum absolute atomic E-state index is 11.2. The molecule has 0 bridgehead atoms. The second kappa shape index (κ2) is 5.37. The van der Waals surface area contributed by atoms with Gasteiger partial charge in [-0.3, -0.25) is 4.98 Å². The first-order valence-electron chi connectivity index (χ1n) is 6.81. The van der Waals surface area contributed by atoms with E-state index in [0.29, 0.717) is 12.0 Å². The van der Waals surface area contributed by atoms with Crippen LogP contribution in [-0.2, 0) is 6.42 Å². The lowest BCUT2D eigenvalue weighted by atomic mass is 9.95. The van der Waals surface area contributed by atoms with Gasteiger partial charge in [-0.25, -0.2) is 4.79 Å². The molecule has 0 saturated heterocycles. The van der Waals surface area contributed by atoms with Gasteiger partial charge < -0.3 is 5.11 Å². The molecule has 0 aliphatic carbocycles. The normalized spacial score (nSPS) is 10.7. The molecule has 0 amide bonds. The van der Waals surface area contributed by atoms with Gasteiger partial charge in [0, 0.05) is 11.6 Å². The lowest BCUT2D eigenvalue weighted by Crippen LogP contribution is -2.03. The van der Waals surface area contributed by atoms with Crippen molar-refractivity contribution < 1.29 is 9.90 Å². The highest BCUT2D eigenvalue weighted by Gasteiger charge is 2.11. The van der Waals surface area contributed by atoms with E-state index in [9.17, 15) is 9.90 Å². The van der Waals surface area contributed by atoms with Gasteiger partial charge in [-0.1, -0.05) is 30.3 Å². The van der Waals surface area contributed by atoms with E-state index in [1.165, 1.54) is 0 Å². The number of para-hydroxylation sites is 1. The maximum Gasteiger partial charge on any atom is 0.335 e. The first-order chi connectivity index (χ1) is 10.2. The summed E-state index contributed by atoms with van der Waals surface area (Å²) in [6.45, 7) is 1.86. The summed E-state index contributed by atoms with van der Waals surface area (Å²) in [5.41, 5.74) is 4.34. The van der Waals surface area contributed by atoms with E-state index in [0.717, 1.165) is 27.6 Å². The van der Waals surface area contributed by atoms with Crippen LogP contribution in [0.4, 0.5) is 0 Å². The molecule has 1 aromatic heterocycles. The minimum absolute atomic E-state index is 0.367. The Kier molecular flexibility index (Phi) is 3.40. The summed E-state index contributed by atoms with van der Waals surface area (Å²) in [7, 11) is 0. The highest BCUT2D eigenvalue weighted by Crippen LogP contribution is 2.22. The average molecular weight is 277 g/mol. The topological polar surface area (TPSA) is 50.2 Å². The van der Waals surface area contributed by atoms with E-state index in [1.54, 1.807) is 18.3 Å². The number of rotatable bonds is 3. The van der Waals surface area contributed by atoms with Crippen molar-refractivity contribution in [2.24, 2.45) is 0 Å². The zero-order valence-electron chi connectivity index (χ0n) is 11.7. The largest absolute Gasteiger partial charge is 0.478 e. The summed E-state index contributed by atoms with van der Waals surface area (Å²) in [6, 6.07) is 15.4. The van der Waals surface area contributed by atoms with Crippen LogP contribution in [0.15, 0.2) is 54.7 Å². The van der Waals surface area contributed by atoms with Crippen LogP contribution in [0.1, 0.15) is 27.0 Å². The molecule has 0 spiro atoms. The average Bonchev–Trinajstić information content (AvgIpc) is 2.49. The van der Waals surface area contributed by atoms with Gasteiger partial charge in [0.2, 0.25) is 0 Å². The molecule has 104 valence electrons. The monoisotopic (exact) mass is 277 g/mol. The molecule has 3 nitrogen and oxygen atoms in total. The van der Waals surface area contributed by atoms with Crippen LogP contribution in [-0.4, -0.2) is 16.1 Å². The van der Waals surface area contributed by atoms with Crippen LogP contribution in [0, 0.1) is 6.92 Å². The molecule has 0 atom stereocenters. The van der Waals surface area contributed by atoms with Crippen LogP contribution in [0.3, 0.4) is 0 Å². The molecule has 0 unspecified atom stereocenters. The Bertz CT molecular complexity index is 819. The number of carboxylic acid groups (broad SMARTS) is 1. The Balaban J connectivity index is 2.07. The van der Waals surface area contributed by atoms with Crippen molar-refractivity contribution in [3.8, 4) is 0 Å². The number of hydrogen-bond donors (Lipinski definition) is 1. The smallest absolute Gasteiger partial charge is 0.335 e. The van der Waals surface area contributed by atoms with Crippen LogP contribution < -0.4 is 0 Å². The summed E-state index contributed by atoms with van der Waals surface area (Å²) in [4.78, 5) is 15.6. The predicted molar refractivity (Wildman–Crippen MR) is 82.7 cm³/mol. The number of pyridine rings is 1. The van der Waals surface area contributed by atoms with E-state index < -0.39 is 5.97 Å². The van der Waals surface area contributed by atoms with Crippen molar-refractivity contribution in [1.82, 2.24) is 4.98 Å². The number of carboxylic acids is 1. The minimum Gasteiger partial charge on any atom is -0.478 e. The quantitative estimate of drug-likeness (QED) is 0.791. The molecule has 1 N–H and O–H groups in total. The van der Waals surface area contributed by atoms with Crippen molar-refractivity contribution in [3.63, 3.8) is 0 Å². The third-order valence-corrected chi connectivity index (χ3v) is 3.80. The lowest BCUT2D eigenvalue weighted by Gasteiger charge is -2.10. The molecule has 2 aromatic carbocycles. The number of carbonyl (C=O) groups is 1. The molecule has 3 aromatic rings. The van der Waals surface area contributed by atoms with Gasteiger partial charge in [0.1, 0.15) is 0 Å². The first kappa shape index (κ1) is 13.3. The van der Waals surface area contributed by atoms with Crippen LogP contribution >= 0.6 is 0 Å². The second-order valence-corrected chi connectivity index (χ2v) is 5.06. The first-order valence-corrected chi connectivity index (χ1v) is 6.81. The Morgan fingerprint density at radius 1 is 1.05 bits per heavy atom. The Morgan fingerprint density at radius 2 is 1.86 bits per heavy atom. The molecule has 21 heavy (non-hydrogen) atoms. The minimum atomic E-state index is -0.881. The Hall–Kier alpha value is -2.68. The highest BCUT2D eigenvalue weighted by molar-refractivity contribution is 5.90. The number of hydrogen-bond acceptors (Lipinski definition) is 2. The van der Waals surface area contributed by atoms with Gasteiger partial charge in [-0.05, 0) is 48.2 Å². The summed E-state index contributed by atoms with van der Waals surface area (Å²) < 4.78 is 0. The van der Waals surface area contributed by atoms with Crippen LogP contribution in [0.5, 0.6) is 0 Å². The number of fused-ring (bicyclic) bond motifs is 1. The number of aromatic carboxylic acids is 1. The second-order valence-electron chi connectivity index (χ2n) is 5.06. The highest BCUT2D eigenvalue weighted by atomic mass is 16.4. The number of aromatic nitrogens is 1. The molecule has 0 fully saturated rings. The van der Waals surface area contributed by atoms with E-state index in [4.69, 9.17) is 0 Å². The van der Waals surface area contributed by atoms with Gasteiger partial charge >= 0.3 is 5.97 Å². The molecule has 0 aliphatic heterocycles. The molecule has 1 heterocycles.